The van der Waals surface area contributed by atoms with Crippen LogP contribution in [-0.4, -0.2) is 21.0 Å². The van der Waals surface area contributed by atoms with Crippen LogP contribution in [0.1, 0.15) is 10.4 Å². The van der Waals surface area contributed by atoms with Crippen LogP contribution in [-0.2, 0) is 0 Å². The smallest absolute Gasteiger partial charge is 0.336 e. The largest absolute Gasteiger partial charge is 0.478 e. The van der Waals surface area contributed by atoms with Crippen LogP contribution in [0.25, 0.3) is 33.1 Å². The molecular formula is C19H10BrFN2O3. The van der Waals surface area contributed by atoms with E-state index in [1.807, 2.05) is 18.2 Å². The third kappa shape index (κ3) is 2.66. The highest BCUT2D eigenvalue weighted by molar-refractivity contribution is 9.10. The van der Waals surface area contributed by atoms with Gasteiger partial charge in [-0.2, -0.15) is 0 Å². The van der Waals surface area contributed by atoms with E-state index in [0.717, 1.165) is 16.8 Å². The SMILES string of the molecule is O=C(O)c1cc2ccccc2cc1-c1nc2cc(F)c(Br)cc2c(=O)[nH]1. The lowest BCUT2D eigenvalue weighted by Gasteiger charge is -2.09. The topological polar surface area (TPSA) is 83.0 Å². The fraction of sp³-hybridized carbons (Fsp3) is 0. The van der Waals surface area contributed by atoms with Crippen molar-refractivity contribution in [1.29, 1.82) is 0 Å². The predicted octanol–water partition coefficient (Wildman–Crippen LogP) is 4.34. The Kier molecular flexibility index (Phi) is 3.81. The minimum absolute atomic E-state index is 0.00350. The van der Waals surface area contributed by atoms with Gasteiger partial charge in [0.1, 0.15) is 11.6 Å². The van der Waals surface area contributed by atoms with Gasteiger partial charge in [0.15, 0.2) is 0 Å². The number of nitrogens with one attached hydrogen (secondary N) is 1. The maximum atomic E-state index is 13.8. The lowest BCUT2D eigenvalue weighted by Crippen LogP contribution is -2.11. The summed E-state index contributed by atoms with van der Waals surface area (Å²) in [6.07, 6.45) is 0. The first-order valence-corrected chi connectivity index (χ1v) is 8.39. The van der Waals surface area contributed by atoms with Crippen molar-refractivity contribution in [2.75, 3.05) is 0 Å². The van der Waals surface area contributed by atoms with Crippen LogP contribution in [0.15, 0.2) is 57.8 Å². The Bertz CT molecular complexity index is 1270. The van der Waals surface area contributed by atoms with Gasteiger partial charge >= 0.3 is 5.97 Å². The van der Waals surface area contributed by atoms with Crippen molar-refractivity contribution in [2.24, 2.45) is 0 Å². The molecule has 1 heterocycles. The second kappa shape index (κ2) is 6.03. The van der Waals surface area contributed by atoms with Gasteiger partial charge in [-0.1, -0.05) is 24.3 Å². The van der Waals surface area contributed by atoms with Crippen LogP contribution in [0.5, 0.6) is 0 Å². The third-order valence-corrected chi connectivity index (χ3v) is 4.73. The number of H-pyrrole nitrogens is 1. The summed E-state index contributed by atoms with van der Waals surface area (Å²) in [6, 6.07) is 12.9. The number of aromatic nitrogens is 2. The molecule has 7 heteroatoms. The average molecular weight is 413 g/mol. The number of carboxylic acids is 1. The molecule has 0 saturated carbocycles. The first-order valence-electron chi connectivity index (χ1n) is 7.59. The zero-order valence-corrected chi connectivity index (χ0v) is 14.7. The van der Waals surface area contributed by atoms with Gasteiger partial charge in [-0.15, -0.1) is 0 Å². The van der Waals surface area contributed by atoms with E-state index in [-0.39, 0.29) is 32.3 Å². The quantitative estimate of drug-likeness (QED) is 0.512. The molecule has 0 aliphatic heterocycles. The highest BCUT2D eigenvalue weighted by Crippen LogP contribution is 2.28. The zero-order chi connectivity index (χ0) is 18.4. The van der Waals surface area contributed by atoms with Crippen molar-refractivity contribution >= 4 is 43.6 Å². The Balaban J connectivity index is 2.06. The molecular weight excluding hydrogens is 403 g/mol. The van der Waals surface area contributed by atoms with Gasteiger partial charge in [0, 0.05) is 11.6 Å². The maximum Gasteiger partial charge on any atom is 0.336 e. The van der Waals surface area contributed by atoms with Gasteiger partial charge in [-0.3, -0.25) is 4.79 Å². The normalized spacial score (nSPS) is 11.2. The minimum atomic E-state index is -1.14. The molecule has 3 aromatic carbocycles. The molecule has 0 aliphatic rings. The molecule has 0 unspecified atom stereocenters. The molecule has 2 N–H and O–H groups in total. The van der Waals surface area contributed by atoms with Gasteiger partial charge in [-0.05, 0) is 44.9 Å². The Labute approximate surface area is 154 Å². The highest BCUT2D eigenvalue weighted by atomic mass is 79.9. The number of aromatic amines is 1. The Morgan fingerprint density at radius 3 is 2.50 bits per heavy atom. The number of benzene rings is 3. The van der Waals surface area contributed by atoms with Crippen LogP contribution in [0.4, 0.5) is 4.39 Å². The molecule has 0 atom stereocenters. The molecule has 128 valence electrons. The van der Waals surface area contributed by atoms with E-state index in [4.69, 9.17) is 0 Å². The monoisotopic (exact) mass is 412 g/mol. The van der Waals surface area contributed by atoms with E-state index >= 15 is 0 Å². The van der Waals surface area contributed by atoms with Crippen molar-refractivity contribution in [2.45, 2.75) is 0 Å². The molecule has 0 fully saturated rings. The Morgan fingerprint density at radius 2 is 1.81 bits per heavy atom. The van der Waals surface area contributed by atoms with Crippen LogP contribution < -0.4 is 5.56 Å². The van der Waals surface area contributed by atoms with Crippen LogP contribution in [0.2, 0.25) is 0 Å². The summed E-state index contributed by atoms with van der Waals surface area (Å²) in [4.78, 5) is 31.0. The molecule has 0 saturated heterocycles. The number of nitrogens with zero attached hydrogens (tertiary/aromatic N) is 1. The van der Waals surface area contributed by atoms with E-state index in [9.17, 15) is 19.1 Å². The minimum Gasteiger partial charge on any atom is -0.478 e. The van der Waals surface area contributed by atoms with Gasteiger partial charge < -0.3 is 10.1 Å². The molecule has 5 nitrogen and oxygen atoms in total. The van der Waals surface area contributed by atoms with Crippen LogP contribution in [0, 0.1) is 5.82 Å². The lowest BCUT2D eigenvalue weighted by molar-refractivity contribution is 0.0698. The van der Waals surface area contributed by atoms with Gasteiger partial charge in [0.25, 0.3) is 5.56 Å². The van der Waals surface area contributed by atoms with Crippen molar-refractivity contribution in [3.63, 3.8) is 0 Å². The number of rotatable bonds is 2. The van der Waals surface area contributed by atoms with E-state index in [1.165, 1.54) is 12.1 Å². The van der Waals surface area contributed by atoms with Crippen molar-refractivity contribution in [3.8, 4) is 11.4 Å². The zero-order valence-electron chi connectivity index (χ0n) is 13.1. The molecule has 0 amide bonds. The van der Waals surface area contributed by atoms with Crippen molar-refractivity contribution < 1.29 is 14.3 Å². The number of carboxylic acid groups (broad SMARTS) is 1. The third-order valence-electron chi connectivity index (χ3n) is 4.12. The number of hydrogen-bond donors (Lipinski definition) is 2. The number of fused-ring (bicyclic) bond motifs is 2. The number of hydrogen-bond acceptors (Lipinski definition) is 3. The maximum absolute atomic E-state index is 13.8. The molecule has 0 aliphatic carbocycles. The summed E-state index contributed by atoms with van der Waals surface area (Å²) in [5.74, 6) is -1.62. The van der Waals surface area contributed by atoms with Gasteiger partial charge in [0.05, 0.1) is 20.9 Å². The average Bonchev–Trinajstić information content (AvgIpc) is 2.62. The molecule has 0 radical (unpaired) electrons. The molecule has 26 heavy (non-hydrogen) atoms. The Morgan fingerprint density at radius 1 is 1.12 bits per heavy atom. The summed E-state index contributed by atoms with van der Waals surface area (Å²) in [7, 11) is 0. The summed E-state index contributed by atoms with van der Waals surface area (Å²) in [6.45, 7) is 0. The summed E-state index contributed by atoms with van der Waals surface area (Å²) in [5.41, 5.74) is -0.0635. The first-order chi connectivity index (χ1) is 12.4. The lowest BCUT2D eigenvalue weighted by atomic mass is 10.00. The first kappa shape index (κ1) is 16.4. The van der Waals surface area contributed by atoms with E-state index in [2.05, 4.69) is 25.9 Å². The number of carbonyl (C=O) groups is 1. The van der Waals surface area contributed by atoms with E-state index in [1.54, 1.807) is 12.1 Å². The van der Waals surface area contributed by atoms with Crippen molar-refractivity contribution in [1.82, 2.24) is 9.97 Å². The molecule has 0 bridgehead atoms. The molecule has 1 aromatic heterocycles. The summed E-state index contributed by atoms with van der Waals surface area (Å²) >= 11 is 3.04. The second-order valence-corrected chi connectivity index (χ2v) is 6.60. The fourth-order valence-electron chi connectivity index (χ4n) is 2.87. The molecule has 4 aromatic rings. The van der Waals surface area contributed by atoms with E-state index < -0.39 is 17.3 Å². The number of aromatic carboxylic acids is 1. The highest BCUT2D eigenvalue weighted by Gasteiger charge is 2.17. The van der Waals surface area contributed by atoms with Crippen molar-refractivity contribution in [3.05, 3.63) is 74.7 Å². The number of halogens is 2. The molecule has 4 rings (SSSR count). The van der Waals surface area contributed by atoms with Crippen LogP contribution >= 0.6 is 15.9 Å². The van der Waals surface area contributed by atoms with E-state index in [0.29, 0.717) is 0 Å². The summed E-state index contributed by atoms with van der Waals surface area (Å²) in [5, 5.41) is 11.3. The second-order valence-electron chi connectivity index (χ2n) is 5.75. The predicted molar refractivity (Wildman–Crippen MR) is 99.9 cm³/mol. The summed E-state index contributed by atoms with van der Waals surface area (Å²) < 4.78 is 14.0. The molecule has 0 spiro atoms. The Hall–Kier alpha value is -3.06. The van der Waals surface area contributed by atoms with Crippen LogP contribution in [0.3, 0.4) is 0 Å². The fourth-order valence-corrected chi connectivity index (χ4v) is 3.22. The van der Waals surface area contributed by atoms with Gasteiger partial charge in [0.2, 0.25) is 0 Å². The standard InChI is InChI=1S/C19H10BrFN2O3/c20-14-7-13-16(8-15(14)21)22-17(23-18(13)24)11-5-9-3-1-2-4-10(9)6-12(11)19(25)26/h1-8H,(H,25,26)(H,22,23,24). The van der Waals surface area contributed by atoms with Gasteiger partial charge in [-0.25, -0.2) is 14.2 Å².